The number of ether oxygens (including phenoxy) is 2. The number of carbonyl (C=O) groups excluding carboxylic acids is 1. The fraction of sp³-hybridized carbons (Fsp3) is 0.278. The Hall–Kier alpha value is -2.76. The van der Waals surface area contributed by atoms with Gasteiger partial charge in [0.2, 0.25) is 0 Å². The molecule has 0 aliphatic carbocycles. The minimum atomic E-state index is -0.621. The molecule has 5 nitrogen and oxygen atoms in total. The number of fused-ring (bicyclic) bond motifs is 1. The van der Waals surface area contributed by atoms with Crippen molar-refractivity contribution in [3.05, 3.63) is 53.8 Å². The number of para-hydroxylation sites is 2. The monoisotopic (exact) mass is 330 g/mol. The van der Waals surface area contributed by atoms with E-state index in [2.05, 4.69) is 5.32 Å². The molecule has 0 bridgehead atoms. The second kappa shape index (κ2) is 6.78. The third-order valence-corrected chi connectivity index (χ3v) is 4.00. The highest BCUT2D eigenvalue weighted by Crippen LogP contribution is 2.35. The van der Waals surface area contributed by atoms with Gasteiger partial charge in [-0.1, -0.05) is 12.1 Å². The summed E-state index contributed by atoms with van der Waals surface area (Å²) in [6, 6.07) is 11.9. The van der Waals surface area contributed by atoms with E-state index in [-0.39, 0.29) is 11.7 Å². The Morgan fingerprint density at radius 2 is 2.17 bits per heavy atom. The number of rotatable bonds is 4. The van der Waals surface area contributed by atoms with Crippen LogP contribution in [0.2, 0.25) is 0 Å². The predicted octanol–water partition coefficient (Wildman–Crippen LogP) is 2.35. The van der Waals surface area contributed by atoms with Gasteiger partial charge in [-0.2, -0.15) is 0 Å². The van der Waals surface area contributed by atoms with Crippen molar-refractivity contribution in [2.24, 2.45) is 0 Å². The number of hydrogen-bond donors (Lipinski definition) is 1. The molecule has 0 saturated heterocycles. The van der Waals surface area contributed by atoms with Gasteiger partial charge in [-0.3, -0.25) is 4.79 Å². The SMILES string of the molecule is CNC(=O)[C@@H]1CN(Cc2cc(F)ccc2OC)c2ccccc2O1. The van der Waals surface area contributed by atoms with Gasteiger partial charge in [-0.25, -0.2) is 4.39 Å². The quantitative estimate of drug-likeness (QED) is 0.935. The first kappa shape index (κ1) is 16.1. The van der Waals surface area contributed by atoms with Crippen molar-refractivity contribution in [1.29, 1.82) is 0 Å². The summed E-state index contributed by atoms with van der Waals surface area (Å²) in [5, 5.41) is 2.61. The molecule has 0 radical (unpaired) electrons. The van der Waals surface area contributed by atoms with Gasteiger partial charge in [-0.15, -0.1) is 0 Å². The zero-order chi connectivity index (χ0) is 17.1. The van der Waals surface area contributed by atoms with Gasteiger partial charge in [0.1, 0.15) is 17.3 Å². The smallest absolute Gasteiger partial charge is 0.262 e. The van der Waals surface area contributed by atoms with Crippen molar-refractivity contribution in [3.63, 3.8) is 0 Å². The number of nitrogens with one attached hydrogen (secondary N) is 1. The lowest BCUT2D eigenvalue weighted by Crippen LogP contribution is -2.47. The maximum Gasteiger partial charge on any atom is 0.262 e. The minimum absolute atomic E-state index is 0.194. The highest BCUT2D eigenvalue weighted by Gasteiger charge is 2.30. The van der Waals surface area contributed by atoms with Gasteiger partial charge in [0, 0.05) is 19.2 Å². The first-order valence-corrected chi connectivity index (χ1v) is 7.67. The Labute approximate surface area is 140 Å². The van der Waals surface area contributed by atoms with Crippen LogP contribution in [0.25, 0.3) is 0 Å². The molecular formula is C18H19FN2O3. The van der Waals surface area contributed by atoms with Gasteiger partial charge in [0.05, 0.1) is 19.3 Å². The van der Waals surface area contributed by atoms with E-state index >= 15 is 0 Å². The first-order chi connectivity index (χ1) is 11.6. The summed E-state index contributed by atoms with van der Waals surface area (Å²) < 4.78 is 24.7. The normalized spacial score (nSPS) is 16.1. The molecule has 1 heterocycles. The number of likely N-dealkylation sites (N-methyl/N-ethyl adjacent to an activating group) is 1. The summed E-state index contributed by atoms with van der Waals surface area (Å²) in [6.07, 6.45) is -0.621. The van der Waals surface area contributed by atoms with Crippen molar-refractivity contribution in [3.8, 4) is 11.5 Å². The molecule has 126 valence electrons. The van der Waals surface area contributed by atoms with E-state index in [0.717, 1.165) is 5.69 Å². The molecule has 2 aromatic carbocycles. The standard InChI is InChI=1S/C18H19FN2O3/c1-20-18(22)17-11-21(14-5-3-4-6-16(14)24-17)10-12-9-13(19)7-8-15(12)23-2/h3-9,17H,10-11H2,1-2H3,(H,20,22)/t17-/m0/s1. The van der Waals surface area contributed by atoms with Crippen LogP contribution in [0.1, 0.15) is 5.56 Å². The minimum Gasteiger partial charge on any atom is -0.496 e. The number of benzene rings is 2. The van der Waals surface area contributed by atoms with Gasteiger partial charge < -0.3 is 19.7 Å². The summed E-state index contributed by atoms with van der Waals surface area (Å²) in [5.74, 6) is 0.723. The summed E-state index contributed by atoms with van der Waals surface area (Å²) in [4.78, 5) is 14.0. The first-order valence-electron chi connectivity index (χ1n) is 7.67. The molecule has 0 aromatic heterocycles. The molecule has 1 atom stereocenters. The van der Waals surface area contributed by atoms with Crippen molar-refractivity contribution in [2.75, 3.05) is 25.6 Å². The van der Waals surface area contributed by atoms with Crippen LogP contribution in [-0.4, -0.2) is 32.7 Å². The number of amides is 1. The van der Waals surface area contributed by atoms with Crippen molar-refractivity contribution in [2.45, 2.75) is 12.6 Å². The molecule has 0 unspecified atom stereocenters. The molecule has 3 rings (SSSR count). The fourth-order valence-corrected chi connectivity index (χ4v) is 2.83. The molecule has 1 aliphatic rings. The zero-order valence-corrected chi connectivity index (χ0v) is 13.6. The molecular weight excluding hydrogens is 311 g/mol. The third kappa shape index (κ3) is 3.13. The number of anilines is 1. The number of hydrogen-bond acceptors (Lipinski definition) is 4. The highest BCUT2D eigenvalue weighted by molar-refractivity contribution is 5.83. The molecule has 0 spiro atoms. The number of nitrogens with zero attached hydrogens (tertiary/aromatic N) is 1. The molecule has 0 fully saturated rings. The van der Waals surface area contributed by atoms with Crippen molar-refractivity contribution in [1.82, 2.24) is 5.32 Å². The maximum absolute atomic E-state index is 13.6. The average Bonchev–Trinajstić information content (AvgIpc) is 2.61. The molecule has 1 N–H and O–H groups in total. The number of methoxy groups -OCH3 is 1. The predicted molar refractivity (Wildman–Crippen MR) is 88.9 cm³/mol. The van der Waals surface area contributed by atoms with Crippen LogP contribution in [0.15, 0.2) is 42.5 Å². The lowest BCUT2D eigenvalue weighted by Gasteiger charge is -2.35. The summed E-state index contributed by atoms with van der Waals surface area (Å²) in [5.41, 5.74) is 1.58. The molecule has 1 aliphatic heterocycles. The molecule has 1 amide bonds. The molecule has 24 heavy (non-hydrogen) atoms. The summed E-state index contributed by atoms with van der Waals surface area (Å²) in [7, 11) is 3.13. The van der Waals surface area contributed by atoms with Crippen LogP contribution in [-0.2, 0) is 11.3 Å². The van der Waals surface area contributed by atoms with E-state index in [1.54, 1.807) is 20.2 Å². The lowest BCUT2D eigenvalue weighted by molar-refractivity contribution is -0.127. The van der Waals surface area contributed by atoms with Crippen LogP contribution in [0.4, 0.5) is 10.1 Å². The Kier molecular flexibility index (Phi) is 4.55. The van der Waals surface area contributed by atoms with E-state index in [9.17, 15) is 9.18 Å². The van der Waals surface area contributed by atoms with Gasteiger partial charge >= 0.3 is 0 Å². The highest BCUT2D eigenvalue weighted by atomic mass is 19.1. The second-order valence-corrected chi connectivity index (χ2v) is 5.53. The topological polar surface area (TPSA) is 50.8 Å². The fourth-order valence-electron chi connectivity index (χ4n) is 2.83. The Bertz CT molecular complexity index is 751. The Morgan fingerprint density at radius 1 is 1.38 bits per heavy atom. The zero-order valence-electron chi connectivity index (χ0n) is 13.6. The van der Waals surface area contributed by atoms with Gasteiger partial charge in [0.25, 0.3) is 5.91 Å². The van der Waals surface area contributed by atoms with Gasteiger partial charge in [0.15, 0.2) is 6.10 Å². The Balaban J connectivity index is 1.94. The lowest BCUT2D eigenvalue weighted by atomic mass is 10.1. The van der Waals surface area contributed by atoms with Crippen LogP contribution < -0.4 is 19.7 Å². The summed E-state index contributed by atoms with van der Waals surface area (Å²) in [6.45, 7) is 0.783. The van der Waals surface area contributed by atoms with Crippen LogP contribution >= 0.6 is 0 Å². The average molecular weight is 330 g/mol. The van der Waals surface area contributed by atoms with Crippen LogP contribution in [0.5, 0.6) is 11.5 Å². The van der Waals surface area contributed by atoms with Crippen LogP contribution in [0.3, 0.4) is 0 Å². The van der Waals surface area contributed by atoms with Crippen molar-refractivity contribution >= 4 is 11.6 Å². The second-order valence-electron chi connectivity index (χ2n) is 5.53. The van der Waals surface area contributed by atoms with Crippen molar-refractivity contribution < 1.29 is 18.7 Å². The Morgan fingerprint density at radius 3 is 2.92 bits per heavy atom. The molecule has 6 heteroatoms. The third-order valence-electron chi connectivity index (χ3n) is 4.00. The van der Waals surface area contributed by atoms with E-state index in [1.807, 2.05) is 29.2 Å². The van der Waals surface area contributed by atoms with E-state index in [4.69, 9.17) is 9.47 Å². The molecule has 0 saturated carbocycles. The van der Waals surface area contributed by atoms with E-state index < -0.39 is 6.10 Å². The molecule has 2 aromatic rings. The van der Waals surface area contributed by atoms with Crippen LogP contribution in [0, 0.1) is 5.82 Å². The van der Waals surface area contributed by atoms with Gasteiger partial charge in [-0.05, 0) is 30.3 Å². The number of carbonyl (C=O) groups is 1. The maximum atomic E-state index is 13.6. The van der Waals surface area contributed by atoms with E-state index in [1.165, 1.54) is 12.1 Å². The summed E-state index contributed by atoms with van der Waals surface area (Å²) >= 11 is 0. The number of halogens is 1. The van der Waals surface area contributed by atoms with E-state index in [0.29, 0.717) is 30.2 Å². The largest absolute Gasteiger partial charge is 0.496 e.